The maximum atomic E-state index is 5.98. The molecular formula is C16H27N3O2. The lowest BCUT2D eigenvalue weighted by Gasteiger charge is -2.17. The van der Waals surface area contributed by atoms with Gasteiger partial charge in [-0.2, -0.15) is 4.98 Å². The van der Waals surface area contributed by atoms with Gasteiger partial charge in [-0.15, -0.1) is 0 Å². The minimum absolute atomic E-state index is 0.0287. The van der Waals surface area contributed by atoms with Crippen molar-refractivity contribution >= 4 is 0 Å². The van der Waals surface area contributed by atoms with E-state index < -0.39 is 0 Å². The summed E-state index contributed by atoms with van der Waals surface area (Å²) >= 11 is 0. The fourth-order valence-corrected chi connectivity index (χ4v) is 2.54. The molecule has 1 fully saturated rings. The Morgan fingerprint density at radius 1 is 1.43 bits per heavy atom. The summed E-state index contributed by atoms with van der Waals surface area (Å²) < 4.78 is 11.2. The van der Waals surface area contributed by atoms with E-state index in [4.69, 9.17) is 9.26 Å². The van der Waals surface area contributed by atoms with Crippen LogP contribution in [0, 0.1) is 6.92 Å². The molecule has 1 aliphatic heterocycles. The molecule has 21 heavy (non-hydrogen) atoms. The molecule has 0 aliphatic carbocycles. The van der Waals surface area contributed by atoms with E-state index in [1.165, 1.54) is 5.57 Å². The summed E-state index contributed by atoms with van der Waals surface area (Å²) in [5.74, 6) is 1.29. The molecule has 1 aliphatic rings. The summed E-state index contributed by atoms with van der Waals surface area (Å²) in [7, 11) is 0. The predicted octanol–water partition coefficient (Wildman–Crippen LogP) is 3.32. The second-order valence-corrected chi connectivity index (χ2v) is 6.17. The lowest BCUT2D eigenvalue weighted by Crippen LogP contribution is -2.33. The highest BCUT2D eigenvalue weighted by molar-refractivity contribution is 4.94. The van der Waals surface area contributed by atoms with E-state index in [-0.39, 0.29) is 12.2 Å². The highest BCUT2D eigenvalue weighted by Gasteiger charge is 2.30. The number of nitrogens with zero attached hydrogens (tertiary/aromatic N) is 2. The van der Waals surface area contributed by atoms with E-state index in [0.717, 1.165) is 32.2 Å². The monoisotopic (exact) mass is 293 g/mol. The van der Waals surface area contributed by atoms with Gasteiger partial charge in [0.2, 0.25) is 0 Å². The van der Waals surface area contributed by atoms with E-state index in [9.17, 15) is 0 Å². The smallest absolute Gasteiger partial charge is 0.255 e. The summed E-state index contributed by atoms with van der Waals surface area (Å²) in [6.45, 7) is 9.23. The fourth-order valence-electron chi connectivity index (χ4n) is 2.54. The summed E-state index contributed by atoms with van der Waals surface area (Å²) in [5.41, 5.74) is 1.39. The third-order valence-corrected chi connectivity index (χ3v) is 3.77. The molecule has 0 bridgehead atoms. The molecule has 1 N–H and O–H groups in total. The van der Waals surface area contributed by atoms with Crippen molar-refractivity contribution in [1.29, 1.82) is 0 Å². The Balaban J connectivity index is 1.67. The molecular weight excluding hydrogens is 266 g/mol. The molecule has 3 atom stereocenters. The quantitative estimate of drug-likeness (QED) is 0.781. The van der Waals surface area contributed by atoms with Crippen molar-refractivity contribution in [3.8, 4) is 0 Å². The van der Waals surface area contributed by atoms with Crippen LogP contribution in [0.1, 0.15) is 64.3 Å². The Bertz CT molecular complexity index is 466. The standard InChI is InChI=1S/C16H27N3O2/c1-11(2)6-5-7-12(3)17-10-14-8-9-15(20-14)16-18-13(4)19-21-16/h6,12,14-15,17H,5,7-10H2,1-4H3/t12-,14+,15-/m0/s1. The van der Waals surface area contributed by atoms with Gasteiger partial charge in [0.25, 0.3) is 5.89 Å². The van der Waals surface area contributed by atoms with Crippen LogP contribution >= 0.6 is 0 Å². The maximum absolute atomic E-state index is 5.98. The van der Waals surface area contributed by atoms with E-state index in [2.05, 4.69) is 42.3 Å². The summed E-state index contributed by atoms with van der Waals surface area (Å²) in [5, 5.41) is 7.38. The summed E-state index contributed by atoms with van der Waals surface area (Å²) in [4.78, 5) is 4.25. The van der Waals surface area contributed by atoms with Crippen LogP contribution in [-0.2, 0) is 4.74 Å². The van der Waals surface area contributed by atoms with Gasteiger partial charge in [0.05, 0.1) is 6.10 Å². The van der Waals surface area contributed by atoms with Gasteiger partial charge >= 0.3 is 0 Å². The van der Waals surface area contributed by atoms with Crippen molar-refractivity contribution in [2.45, 2.75) is 71.6 Å². The minimum atomic E-state index is -0.0287. The van der Waals surface area contributed by atoms with Crippen molar-refractivity contribution in [3.63, 3.8) is 0 Å². The first-order valence-corrected chi connectivity index (χ1v) is 7.87. The van der Waals surface area contributed by atoms with Crippen LogP contribution in [0.4, 0.5) is 0 Å². The second-order valence-electron chi connectivity index (χ2n) is 6.17. The van der Waals surface area contributed by atoms with Crippen LogP contribution in [0.15, 0.2) is 16.2 Å². The van der Waals surface area contributed by atoms with Crippen molar-refractivity contribution < 1.29 is 9.26 Å². The van der Waals surface area contributed by atoms with Gasteiger partial charge < -0.3 is 14.6 Å². The molecule has 0 amide bonds. The van der Waals surface area contributed by atoms with E-state index in [0.29, 0.717) is 17.8 Å². The first-order chi connectivity index (χ1) is 10.0. The molecule has 1 saturated heterocycles. The zero-order valence-electron chi connectivity index (χ0n) is 13.6. The number of allylic oxidation sites excluding steroid dienone is 2. The van der Waals surface area contributed by atoms with Gasteiger partial charge in [0.1, 0.15) is 6.10 Å². The Hall–Kier alpha value is -1.20. The summed E-state index contributed by atoms with van der Waals surface area (Å²) in [6.07, 6.45) is 6.79. The largest absolute Gasteiger partial charge is 0.364 e. The first-order valence-electron chi connectivity index (χ1n) is 7.87. The molecule has 0 radical (unpaired) electrons. The average molecular weight is 293 g/mol. The molecule has 1 aromatic rings. The van der Waals surface area contributed by atoms with Crippen LogP contribution in [0.5, 0.6) is 0 Å². The van der Waals surface area contributed by atoms with Crippen molar-refractivity contribution in [1.82, 2.24) is 15.5 Å². The lowest BCUT2D eigenvalue weighted by atomic mass is 10.1. The third-order valence-electron chi connectivity index (χ3n) is 3.77. The van der Waals surface area contributed by atoms with Crippen LogP contribution < -0.4 is 5.32 Å². The van der Waals surface area contributed by atoms with Gasteiger partial charge in [-0.1, -0.05) is 16.8 Å². The average Bonchev–Trinajstić information content (AvgIpc) is 3.04. The molecule has 2 heterocycles. The van der Waals surface area contributed by atoms with Crippen molar-refractivity contribution in [2.24, 2.45) is 0 Å². The number of aromatic nitrogens is 2. The normalized spacial score (nSPS) is 23.2. The SMILES string of the molecule is CC(C)=CCC[C@H](C)NC[C@H]1CC[C@@H](c2nc(C)no2)O1. The van der Waals surface area contributed by atoms with E-state index in [1.807, 2.05) is 6.92 Å². The van der Waals surface area contributed by atoms with Crippen LogP contribution in [0.25, 0.3) is 0 Å². The van der Waals surface area contributed by atoms with Gasteiger partial charge in [0, 0.05) is 12.6 Å². The van der Waals surface area contributed by atoms with Gasteiger partial charge in [0.15, 0.2) is 5.82 Å². The Morgan fingerprint density at radius 2 is 2.24 bits per heavy atom. The van der Waals surface area contributed by atoms with Gasteiger partial charge in [-0.05, 0) is 53.4 Å². The second kappa shape index (κ2) is 7.71. The third kappa shape index (κ3) is 5.25. The number of ether oxygens (including phenoxy) is 1. The molecule has 118 valence electrons. The van der Waals surface area contributed by atoms with Crippen molar-refractivity contribution in [3.05, 3.63) is 23.4 Å². The number of hydrogen-bond donors (Lipinski definition) is 1. The minimum Gasteiger partial charge on any atom is -0.364 e. The van der Waals surface area contributed by atoms with Crippen LogP contribution in [0.3, 0.4) is 0 Å². The Kier molecular flexibility index (Phi) is 5.94. The number of aryl methyl sites for hydroxylation is 1. The first kappa shape index (κ1) is 16.2. The molecule has 0 saturated carbocycles. The van der Waals surface area contributed by atoms with Crippen molar-refractivity contribution in [2.75, 3.05) is 6.54 Å². The van der Waals surface area contributed by atoms with Crippen LogP contribution in [-0.4, -0.2) is 28.8 Å². The lowest BCUT2D eigenvalue weighted by molar-refractivity contribution is 0.0254. The van der Waals surface area contributed by atoms with E-state index >= 15 is 0 Å². The molecule has 5 heteroatoms. The predicted molar refractivity (Wildman–Crippen MR) is 82.0 cm³/mol. The Labute approximate surface area is 127 Å². The topological polar surface area (TPSA) is 60.2 Å². The maximum Gasteiger partial charge on any atom is 0.255 e. The van der Waals surface area contributed by atoms with Gasteiger partial charge in [-0.3, -0.25) is 0 Å². The van der Waals surface area contributed by atoms with Crippen LogP contribution in [0.2, 0.25) is 0 Å². The van der Waals surface area contributed by atoms with E-state index in [1.54, 1.807) is 0 Å². The van der Waals surface area contributed by atoms with Gasteiger partial charge in [-0.25, -0.2) is 0 Å². The number of rotatable bonds is 7. The fraction of sp³-hybridized carbons (Fsp3) is 0.750. The zero-order chi connectivity index (χ0) is 15.2. The molecule has 2 rings (SSSR count). The summed E-state index contributed by atoms with van der Waals surface area (Å²) in [6, 6.07) is 0.508. The number of nitrogens with one attached hydrogen (secondary N) is 1. The molecule has 0 aromatic carbocycles. The molecule has 0 unspecified atom stereocenters. The highest BCUT2D eigenvalue weighted by Crippen LogP contribution is 2.31. The Morgan fingerprint density at radius 3 is 2.90 bits per heavy atom. The highest BCUT2D eigenvalue weighted by atomic mass is 16.5. The number of hydrogen-bond acceptors (Lipinski definition) is 5. The molecule has 5 nitrogen and oxygen atoms in total. The molecule has 1 aromatic heterocycles. The molecule has 0 spiro atoms. The zero-order valence-corrected chi connectivity index (χ0v) is 13.6.